The summed E-state index contributed by atoms with van der Waals surface area (Å²) in [7, 11) is 0. The van der Waals surface area contributed by atoms with E-state index in [4.69, 9.17) is 18.7 Å². The zero-order chi connectivity index (χ0) is 15.6. The predicted molar refractivity (Wildman–Crippen MR) is 53.6 cm³/mol. The van der Waals surface area contributed by atoms with Crippen molar-refractivity contribution in [2.24, 2.45) is 9.98 Å². The van der Waals surface area contributed by atoms with Crippen molar-refractivity contribution in [2.45, 2.75) is 13.7 Å². The van der Waals surface area contributed by atoms with Gasteiger partial charge in [-0.3, -0.25) is 0 Å². The van der Waals surface area contributed by atoms with E-state index in [0.29, 0.717) is 0 Å². The lowest BCUT2D eigenvalue weighted by atomic mass is 9.98. The molecule has 0 aromatic carbocycles. The monoisotopic (exact) mass is 190 g/mol. The number of hydrogen-bond acceptors (Lipinski definition) is 4. The maximum Gasteiger partial charge on any atom is 0.206 e. The third kappa shape index (κ3) is 1.94. The average Bonchev–Trinajstić information content (AvgIpc) is 2.28. The SMILES string of the molecule is [2H]C([2H])([2H])C1=CC(=NC#N)C(C([2H])([2H])[2H])=CC1=NC#N. The maximum atomic E-state index is 8.56. The van der Waals surface area contributed by atoms with E-state index in [-0.39, 0.29) is 22.6 Å². The van der Waals surface area contributed by atoms with E-state index >= 15 is 0 Å². The summed E-state index contributed by atoms with van der Waals surface area (Å²) in [5.74, 6) is 0. The molecule has 0 spiro atoms. The van der Waals surface area contributed by atoms with Gasteiger partial charge in [0.25, 0.3) is 0 Å². The van der Waals surface area contributed by atoms with Gasteiger partial charge < -0.3 is 0 Å². The Bertz CT molecular complexity index is 562. The standard InChI is InChI=1S/C10H8N4/c1-7-3-10(14-6-12)8(2)4-9(7)13-5-11/h3-4H,1-2H3/i1D3,2D3. The molecular weight excluding hydrogens is 176 g/mol. The first kappa shape index (κ1) is 4.34. The molecule has 1 aliphatic carbocycles. The maximum absolute atomic E-state index is 8.56. The van der Waals surface area contributed by atoms with Crippen LogP contribution in [0.25, 0.3) is 0 Å². The molecule has 0 atom stereocenters. The summed E-state index contributed by atoms with van der Waals surface area (Å²) in [4.78, 5) is 6.64. The van der Waals surface area contributed by atoms with Crippen molar-refractivity contribution in [3.63, 3.8) is 0 Å². The number of aliphatic imine (C=N–C) groups is 2. The lowest BCUT2D eigenvalue weighted by Crippen LogP contribution is -2.10. The Kier molecular flexibility index (Phi) is 1.29. The lowest BCUT2D eigenvalue weighted by molar-refractivity contribution is 1.39. The second kappa shape index (κ2) is 4.15. The van der Waals surface area contributed by atoms with Crippen LogP contribution in [0.2, 0.25) is 0 Å². The molecule has 0 saturated heterocycles. The van der Waals surface area contributed by atoms with Gasteiger partial charge in [0.15, 0.2) is 0 Å². The highest BCUT2D eigenvalue weighted by atomic mass is 14.8. The van der Waals surface area contributed by atoms with Gasteiger partial charge in [0, 0.05) is 8.22 Å². The Labute approximate surface area is 90.6 Å². The lowest BCUT2D eigenvalue weighted by Gasteiger charge is -2.09. The molecule has 0 unspecified atom stereocenters. The van der Waals surface area contributed by atoms with Crippen LogP contribution in [0.1, 0.15) is 21.9 Å². The van der Waals surface area contributed by atoms with E-state index in [2.05, 4.69) is 9.98 Å². The number of hydrogen-bond donors (Lipinski definition) is 0. The Hall–Kier alpha value is -2.20. The molecule has 0 aromatic rings. The van der Waals surface area contributed by atoms with E-state index in [0.717, 1.165) is 12.2 Å². The Morgan fingerprint density at radius 3 is 1.79 bits per heavy atom. The highest BCUT2D eigenvalue weighted by Crippen LogP contribution is 2.13. The van der Waals surface area contributed by atoms with Gasteiger partial charge in [-0.05, 0) is 37.0 Å². The predicted octanol–water partition coefficient (Wildman–Crippen LogP) is 1.74. The molecule has 0 N–H and O–H groups in total. The minimum atomic E-state index is -2.61. The summed E-state index contributed by atoms with van der Waals surface area (Å²) >= 11 is 0. The topological polar surface area (TPSA) is 72.3 Å². The summed E-state index contributed by atoms with van der Waals surface area (Å²) in [5.41, 5.74) is -1.20. The van der Waals surface area contributed by atoms with Gasteiger partial charge in [-0.25, -0.2) is 0 Å². The van der Waals surface area contributed by atoms with Crippen LogP contribution in [0, 0.1) is 22.9 Å². The van der Waals surface area contributed by atoms with Crippen molar-refractivity contribution in [3.05, 3.63) is 23.3 Å². The van der Waals surface area contributed by atoms with Crippen molar-refractivity contribution in [3.8, 4) is 12.4 Å². The molecule has 0 fully saturated rings. The van der Waals surface area contributed by atoms with Crippen LogP contribution < -0.4 is 0 Å². The van der Waals surface area contributed by atoms with Crippen LogP contribution in [0.4, 0.5) is 0 Å². The molecule has 0 aromatic heterocycles. The highest BCUT2D eigenvalue weighted by Gasteiger charge is 2.10. The van der Waals surface area contributed by atoms with Gasteiger partial charge in [-0.15, -0.1) is 0 Å². The molecular formula is C10H8N4. The third-order valence-electron chi connectivity index (χ3n) is 1.45. The molecule has 4 heteroatoms. The third-order valence-corrected chi connectivity index (χ3v) is 1.45. The van der Waals surface area contributed by atoms with Gasteiger partial charge in [-0.1, -0.05) is 0 Å². The fraction of sp³-hybridized carbons (Fsp3) is 0.200. The van der Waals surface area contributed by atoms with Gasteiger partial charge in [0.1, 0.15) is 0 Å². The summed E-state index contributed by atoms with van der Waals surface area (Å²) in [6, 6.07) is 0. The van der Waals surface area contributed by atoms with E-state index in [1.54, 1.807) is 0 Å². The van der Waals surface area contributed by atoms with Crippen LogP contribution in [0.3, 0.4) is 0 Å². The summed E-state index contributed by atoms with van der Waals surface area (Å²) in [5, 5.41) is 17.1. The highest BCUT2D eigenvalue weighted by molar-refractivity contribution is 6.23. The molecule has 0 bridgehead atoms. The molecule has 0 saturated carbocycles. The molecule has 0 radical (unpaired) electrons. The Balaban J connectivity index is 3.56. The van der Waals surface area contributed by atoms with Crippen LogP contribution in [0.5, 0.6) is 0 Å². The van der Waals surface area contributed by atoms with Crippen molar-refractivity contribution in [2.75, 3.05) is 0 Å². The fourth-order valence-corrected chi connectivity index (χ4v) is 0.870. The summed E-state index contributed by atoms with van der Waals surface area (Å²) < 4.78 is 44.1. The molecule has 0 heterocycles. The zero-order valence-corrected chi connectivity index (χ0v) is 6.94. The number of nitrogens with zero attached hydrogens (tertiary/aromatic N) is 4. The van der Waals surface area contributed by atoms with Gasteiger partial charge in [0.05, 0.1) is 11.4 Å². The van der Waals surface area contributed by atoms with Crippen LogP contribution in [0.15, 0.2) is 33.3 Å². The fourth-order valence-electron chi connectivity index (χ4n) is 0.870. The number of rotatable bonds is 0. The molecule has 4 nitrogen and oxygen atoms in total. The quantitative estimate of drug-likeness (QED) is 0.431. The smallest absolute Gasteiger partial charge is 0.173 e. The van der Waals surface area contributed by atoms with Crippen LogP contribution in [-0.2, 0) is 0 Å². The first-order valence-corrected chi connectivity index (χ1v) is 3.50. The molecule has 68 valence electrons. The van der Waals surface area contributed by atoms with Crippen molar-refractivity contribution >= 4 is 11.4 Å². The molecule has 1 aliphatic rings. The summed E-state index contributed by atoms with van der Waals surface area (Å²) in [6.07, 6.45) is 4.75. The zero-order valence-electron chi connectivity index (χ0n) is 12.9. The molecule has 1 rings (SSSR count). The van der Waals surface area contributed by atoms with Crippen LogP contribution in [-0.4, -0.2) is 11.4 Å². The van der Waals surface area contributed by atoms with E-state index in [1.807, 2.05) is 0 Å². The molecule has 0 aliphatic heterocycles. The average molecular weight is 190 g/mol. The number of allylic oxidation sites excluding steroid dienone is 4. The van der Waals surface area contributed by atoms with Gasteiger partial charge in [-0.2, -0.15) is 20.5 Å². The minimum absolute atomic E-state index is 0.268. The van der Waals surface area contributed by atoms with E-state index < -0.39 is 13.7 Å². The number of nitriles is 2. The van der Waals surface area contributed by atoms with E-state index in [9.17, 15) is 0 Å². The Morgan fingerprint density at radius 2 is 1.50 bits per heavy atom. The van der Waals surface area contributed by atoms with Crippen molar-refractivity contribution in [1.82, 2.24) is 0 Å². The second-order valence-electron chi connectivity index (χ2n) is 2.31. The normalized spacial score (nSPS) is 29.3. The van der Waals surface area contributed by atoms with Gasteiger partial charge >= 0.3 is 0 Å². The van der Waals surface area contributed by atoms with Gasteiger partial charge in [0.2, 0.25) is 12.4 Å². The molecule has 0 amide bonds. The largest absolute Gasteiger partial charge is 0.206 e. The van der Waals surface area contributed by atoms with Crippen molar-refractivity contribution in [1.29, 1.82) is 10.5 Å². The molecule has 14 heavy (non-hydrogen) atoms. The Morgan fingerprint density at radius 1 is 1.07 bits per heavy atom. The first-order chi connectivity index (χ1) is 9.11. The second-order valence-corrected chi connectivity index (χ2v) is 2.31. The van der Waals surface area contributed by atoms with Crippen LogP contribution >= 0.6 is 0 Å². The minimum Gasteiger partial charge on any atom is -0.173 e. The first-order valence-electron chi connectivity index (χ1n) is 6.50. The van der Waals surface area contributed by atoms with Crippen molar-refractivity contribution < 1.29 is 8.22 Å². The summed E-state index contributed by atoms with van der Waals surface area (Å²) in [6.45, 7) is -5.22. The van der Waals surface area contributed by atoms with E-state index in [1.165, 1.54) is 12.4 Å².